The number of hydrogen-bond acceptors (Lipinski definition) is 4. The maximum Gasteiger partial charge on any atom is 0.321 e. The Morgan fingerprint density at radius 2 is 1.94 bits per heavy atom. The van der Waals surface area contributed by atoms with E-state index in [1.54, 1.807) is 4.90 Å². The molecule has 7 nitrogen and oxygen atoms in total. The smallest absolute Gasteiger partial charge is 0.321 e. The van der Waals surface area contributed by atoms with Crippen LogP contribution in [0.25, 0.3) is 33.4 Å². The highest BCUT2D eigenvalue weighted by atomic mass is 16.2. The van der Waals surface area contributed by atoms with E-state index in [0.29, 0.717) is 13.1 Å². The third-order valence-corrected chi connectivity index (χ3v) is 6.16. The highest BCUT2D eigenvalue weighted by Crippen LogP contribution is 2.39. The fourth-order valence-corrected chi connectivity index (χ4v) is 4.70. The van der Waals surface area contributed by atoms with Crippen molar-refractivity contribution < 1.29 is 4.79 Å². The van der Waals surface area contributed by atoms with E-state index in [1.165, 1.54) is 5.69 Å². The number of carbonyl (C=O) groups is 1. The lowest BCUT2D eigenvalue weighted by atomic mass is 9.94. The van der Waals surface area contributed by atoms with Crippen molar-refractivity contribution in [1.82, 2.24) is 25.1 Å². The summed E-state index contributed by atoms with van der Waals surface area (Å²) in [6, 6.07) is 14.1. The fourth-order valence-electron chi connectivity index (χ4n) is 4.70. The van der Waals surface area contributed by atoms with Crippen molar-refractivity contribution >= 4 is 22.6 Å². The van der Waals surface area contributed by atoms with Gasteiger partial charge in [0.15, 0.2) is 0 Å². The van der Waals surface area contributed by atoms with Crippen LogP contribution in [0, 0.1) is 0 Å². The van der Waals surface area contributed by atoms with Crippen LogP contribution in [0.4, 0.5) is 10.5 Å². The Morgan fingerprint density at radius 1 is 0.968 bits per heavy atom. The number of aromatic nitrogens is 4. The average Bonchev–Trinajstić information content (AvgIpc) is 3.42. The van der Waals surface area contributed by atoms with Gasteiger partial charge in [-0.25, -0.2) is 4.79 Å². The number of aryl methyl sites for hydroxylation is 1. The molecule has 1 N–H and O–H groups in total. The number of nitrogens with zero attached hydrogens (tertiary/aromatic N) is 5. The van der Waals surface area contributed by atoms with Crippen molar-refractivity contribution in [2.45, 2.75) is 25.8 Å². The predicted molar refractivity (Wildman–Crippen MR) is 120 cm³/mol. The van der Waals surface area contributed by atoms with E-state index in [2.05, 4.69) is 32.1 Å². The lowest BCUT2D eigenvalue weighted by molar-refractivity contribution is 0.252. The third-order valence-electron chi connectivity index (χ3n) is 6.16. The molecule has 1 aromatic carbocycles. The summed E-state index contributed by atoms with van der Waals surface area (Å²) in [5, 5.41) is 8.89. The number of carbonyl (C=O) groups excluding carboxylic acids is 1. The van der Waals surface area contributed by atoms with Gasteiger partial charge < -0.3 is 5.32 Å². The molecule has 31 heavy (non-hydrogen) atoms. The van der Waals surface area contributed by atoms with E-state index in [-0.39, 0.29) is 6.03 Å². The van der Waals surface area contributed by atoms with E-state index in [4.69, 9.17) is 5.10 Å². The van der Waals surface area contributed by atoms with Gasteiger partial charge in [0.25, 0.3) is 0 Å². The van der Waals surface area contributed by atoms with Gasteiger partial charge in [-0.2, -0.15) is 5.10 Å². The van der Waals surface area contributed by atoms with E-state index in [9.17, 15) is 4.79 Å². The van der Waals surface area contributed by atoms with Gasteiger partial charge in [0.2, 0.25) is 0 Å². The highest BCUT2D eigenvalue weighted by molar-refractivity contribution is 6.02. The second-order valence-corrected chi connectivity index (χ2v) is 8.01. The van der Waals surface area contributed by atoms with Crippen molar-refractivity contribution in [3.63, 3.8) is 0 Å². The minimum Gasteiger partial charge on any atom is -0.336 e. The Bertz CT molecular complexity index is 1300. The van der Waals surface area contributed by atoms with Crippen molar-refractivity contribution in [3.05, 3.63) is 60.6 Å². The summed E-state index contributed by atoms with van der Waals surface area (Å²) < 4.78 is 2.15. The topological polar surface area (TPSA) is 75.9 Å². The summed E-state index contributed by atoms with van der Waals surface area (Å²) >= 11 is 0. The second kappa shape index (κ2) is 7.19. The summed E-state index contributed by atoms with van der Waals surface area (Å²) in [5.41, 5.74) is 7.08. The van der Waals surface area contributed by atoms with Crippen LogP contribution in [0.2, 0.25) is 0 Å². The lowest BCUT2D eigenvalue weighted by Gasteiger charge is -2.17. The molecule has 0 radical (unpaired) electrons. The zero-order chi connectivity index (χ0) is 20.8. The number of amides is 2. The monoisotopic (exact) mass is 410 g/mol. The number of rotatable bonds is 3. The molecule has 0 spiro atoms. The Labute approximate surface area is 179 Å². The van der Waals surface area contributed by atoms with Crippen molar-refractivity contribution in [1.29, 1.82) is 0 Å². The summed E-state index contributed by atoms with van der Waals surface area (Å²) in [6.45, 7) is 2.28. The minimum atomic E-state index is -0.0568. The summed E-state index contributed by atoms with van der Waals surface area (Å²) in [5.74, 6) is 0. The van der Waals surface area contributed by atoms with E-state index in [1.807, 2.05) is 42.7 Å². The summed E-state index contributed by atoms with van der Waals surface area (Å²) in [4.78, 5) is 23.1. The van der Waals surface area contributed by atoms with Crippen LogP contribution < -0.4 is 10.2 Å². The van der Waals surface area contributed by atoms with Crippen LogP contribution in [-0.2, 0) is 13.0 Å². The number of urea groups is 1. The molecular formula is C24H22N6O. The first-order chi connectivity index (χ1) is 15.3. The van der Waals surface area contributed by atoms with Crippen LogP contribution in [0.5, 0.6) is 0 Å². The van der Waals surface area contributed by atoms with Gasteiger partial charge in [-0.1, -0.05) is 12.1 Å². The Balaban J connectivity index is 1.55. The molecule has 5 heterocycles. The maximum atomic E-state index is 12.1. The normalized spacial score (nSPS) is 15.9. The molecule has 0 bridgehead atoms. The zero-order valence-electron chi connectivity index (χ0n) is 17.1. The number of pyridine rings is 2. The van der Waals surface area contributed by atoms with Gasteiger partial charge in [0, 0.05) is 54.4 Å². The molecular weight excluding hydrogens is 388 g/mol. The van der Waals surface area contributed by atoms with Gasteiger partial charge >= 0.3 is 6.03 Å². The van der Waals surface area contributed by atoms with Crippen LogP contribution >= 0.6 is 0 Å². The second-order valence-electron chi connectivity index (χ2n) is 8.01. The van der Waals surface area contributed by atoms with Gasteiger partial charge in [0.05, 0.1) is 11.2 Å². The average molecular weight is 410 g/mol. The third kappa shape index (κ3) is 2.96. The SMILES string of the molecule is O=C1NCCN1c1ccc2c(-c3c(-c4ccccn4)nn4c3CCCC4)ccnc2c1. The molecule has 0 aliphatic carbocycles. The molecule has 0 atom stereocenters. The molecule has 2 aliphatic rings. The van der Waals surface area contributed by atoms with Gasteiger partial charge in [-0.3, -0.25) is 19.5 Å². The van der Waals surface area contributed by atoms with Gasteiger partial charge in [-0.05, 0) is 55.2 Å². The molecule has 3 aromatic heterocycles. The van der Waals surface area contributed by atoms with Crippen molar-refractivity contribution in [2.75, 3.05) is 18.0 Å². The first kappa shape index (κ1) is 18.1. The molecule has 1 saturated heterocycles. The Hall–Kier alpha value is -3.74. The van der Waals surface area contributed by atoms with Gasteiger partial charge in [-0.15, -0.1) is 0 Å². The molecule has 2 amide bonds. The minimum absolute atomic E-state index is 0.0568. The molecule has 4 aromatic rings. The largest absolute Gasteiger partial charge is 0.336 e. The maximum absolute atomic E-state index is 12.1. The van der Waals surface area contributed by atoms with E-state index < -0.39 is 0 Å². The molecule has 6 rings (SSSR count). The first-order valence-electron chi connectivity index (χ1n) is 10.8. The van der Waals surface area contributed by atoms with Crippen molar-refractivity contribution in [3.8, 4) is 22.5 Å². The van der Waals surface area contributed by atoms with Crippen LogP contribution in [0.1, 0.15) is 18.5 Å². The number of nitrogens with one attached hydrogen (secondary N) is 1. The molecule has 2 aliphatic heterocycles. The van der Waals surface area contributed by atoms with Crippen LogP contribution in [-0.4, -0.2) is 38.9 Å². The molecule has 1 fully saturated rings. The highest BCUT2D eigenvalue weighted by Gasteiger charge is 2.25. The first-order valence-corrected chi connectivity index (χ1v) is 10.8. The summed E-state index contributed by atoms with van der Waals surface area (Å²) in [6.07, 6.45) is 6.98. The number of fused-ring (bicyclic) bond motifs is 2. The molecule has 154 valence electrons. The van der Waals surface area contributed by atoms with Crippen LogP contribution in [0.3, 0.4) is 0 Å². The number of benzene rings is 1. The Morgan fingerprint density at radius 3 is 2.77 bits per heavy atom. The van der Waals surface area contributed by atoms with Gasteiger partial charge in [0.1, 0.15) is 5.69 Å². The van der Waals surface area contributed by atoms with Crippen LogP contribution in [0.15, 0.2) is 54.9 Å². The number of hydrogen-bond donors (Lipinski definition) is 1. The Kier molecular flexibility index (Phi) is 4.19. The van der Waals surface area contributed by atoms with E-state index >= 15 is 0 Å². The standard InChI is InChI=1S/C24H22N6O/c31-24-27-12-14-29(24)16-7-8-17-18(9-11-26-20(17)15-16)22-21-6-2-4-13-30(21)28-23(22)19-5-1-3-10-25-19/h1,3,5,7-11,15H,2,4,6,12-14H2,(H,27,31). The zero-order valence-corrected chi connectivity index (χ0v) is 17.1. The fraction of sp³-hybridized carbons (Fsp3) is 0.250. The molecule has 0 saturated carbocycles. The summed E-state index contributed by atoms with van der Waals surface area (Å²) in [7, 11) is 0. The molecule has 0 unspecified atom stereocenters. The van der Waals surface area contributed by atoms with Crippen molar-refractivity contribution in [2.24, 2.45) is 0 Å². The quantitative estimate of drug-likeness (QED) is 0.553. The molecule has 7 heteroatoms. The predicted octanol–water partition coefficient (Wildman–Crippen LogP) is 4.03. The number of anilines is 1. The lowest BCUT2D eigenvalue weighted by Crippen LogP contribution is -2.27. The van der Waals surface area contributed by atoms with E-state index in [0.717, 1.165) is 64.9 Å².